The van der Waals surface area contributed by atoms with Crippen molar-refractivity contribution in [2.45, 2.75) is 24.9 Å². The zero-order chi connectivity index (χ0) is 14.8. The van der Waals surface area contributed by atoms with Crippen molar-refractivity contribution >= 4 is 31.8 Å². The summed E-state index contributed by atoms with van der Waals surface area (Å²) in [5.74, 6) is 0.00796. The molecule has 0 aliphatic heterocycles. The van der Waals surface area contributed by atoms with E-state index in [9.17, 15) is 8.42 Å². The van der Waals surface area contributed by atoms with Gasteiger partial charge in [0.25, 0.3) is 0 Å². The van der Waals surface area contributed by atoms with Crippen LogP contribution in [0.2, 0.25) is 0 Å². The van der Waals surface area contributed by atoms with Crippen molar-refractivity contribution in [3.63, 3.8) is 0 Å². The fourth-order valence-electron chi connectivity index (χ4n) is 1.69. The van der Waals surface area contributed by atoms with Gasteiger partial charge in [0, 0.05) is 23.8 Å². The summed E-state index contributed by atoms with van der Waals surface area (Å²) in [7, 11) is -3.66. The summed E-state index contributed by atoms with van der Waals surface area (Å²) < 4.78 is 29.3. The maximum Gasteiger partial charge on any atom is 0.246 e. The van der Waals surface area contributed by atoms with Crippen molar-refractivity contribution < 1.29 is 8.42 Å². The summed E-state index contributed by atoms with van der Waals surface area (Å²) in [4.78, 5) is 0.00865. The highest BCUT2D eigenvalue weighted by Crippen LogP contribution is 2.17. The summed E-state index contributed by atoms with van der Waals surface area (Å²) >= 11 is 3.34. The van der Waals surface area contributed by atoms with Gasteiger partial charge >= 0.3 is 0 Å². The van der Waals surface area contributed by atoms with E-state index in [1.54, 1.807) is 0 Å². The van der Waals surface area contributed by atoms with E-state index >= 15 is 0 Å². The lowest BCUT2D eigenvalue weighted by Gasteiger charge is -2.06. The number of nitrogens with two attached hydrogens (primary N) is 1. The Morgan fingerprint density at radius 2 is 2.20 bits per heavy atom. The predicted molar refractivity (Wildman–Crippen MR) is 80.5 cm³/mol. The molecule has 3 N–H and O–H groups in total. The van der Waals surface area contributed by atoms with E-state index in [-0.39, 0.29) is 17.3 Å². The molecule has 2 rings (SSSR count). The number of hydrogen-bond donors (Lipinski definition) is 2. The number of nitrogen functional groups attached to an aromatic ring is 1. The van der Waals surface area contributed by atoms with E-state index in [4.69, 9.17) is 5.73 Å². The summed E-state index contributed by atoms with van der Waals surface area (Å²) in [5.41, 5.74) is 6.49. The molecule has 0 spiro atoms. The van der Waals surface area contributed by atoms with Crippen molar-refractivity contribution in [3.8, 4) is 0 Å². The average Bonchev–Trinajstić information content (AvgIpc) is 2.79. The topological polar surface area (TPSA) is 90.0 Å². The number of aryl methyl sites for hydroxylation is 1. The first-order chi connectivity index (χ1) is 9.42. The van der Waals surface area contributed by atoms with Gasteiger partial charge in [-0.2, -0.15) is 5.10 Å². The fraction of sp³-hybridized carbons (Fsp3) is 0.250. The second-order valence-electron chi connectivity index (χ2n) is 4.19. The Balaban J connectivity index is 2.17. The lowest BCUT2D eigenvalue weighted by Crippen LogP contribution is -2.23. The minimum atomic E-state index is -3.66. The molecule has 6 nitrogen and oxygen atoms in total. The van der Waals surface area contributed by atoms with Gasteiger partial charge in [0.15, 0.2) is 5.82 Å². The molecule has 0 radical (unpaired) electrons. The third kappa shape index (κ3) is 3.38. The van der Waals surface area contributed by atoms with E-state index in [0.717, 1.165) is 10.0 Å². The molecule has 0 saturated carbocycles. The van der Waals surface area contributed by atoms with E-state index in [1.807, 2.05) is 31.2 Å². The second kappa shape index (κ2) is 5.94. The van der Waals surface area contributed by atoms with Gasteiger partial charge in [-0.25, -0.2) is 13.1 Å². The molecular weight excluding hydrogens is 344 g/mol. The highest BCUT2D eigenvalue weighted by molar-refractivity contribution is 9.10. The number of nitrogens with one attached hydrogen (secondary N) is 1. The van der Waals surface area contributed by atoms with E-state index in [2.05, 4.69) is 25.8 Å². The Hall–Kier alpha value is -1.38. The minimum absolute atomic E-state index is 0.00796. The molecule has 20 heavy (non-hydrogen) atoms. The molecule has 1 heterocycles. The summed E-state index contributed by atoms with van der Waals surface area (Å²) in [6.07, 6.45) is 1.43. The van der Waals surface area contributed by atoms with Crippen molar-refractivity contribution in [2.75, 3.05) is 5.73 Å². The van der Waals surface area contributed by atoms with Crippen LogP contribution in [0.1, 0.15) is 12.5 Å². The van der Waals surface area contributed by atoms with E-state index in [1.165, 1.54) is 10.9 Å². The maximum atomic E-state index is 12.2. The van der Waals surface area contributed by atoms with Crippen LogP contribution in [0.4, 0.5) is 5.82 Å². The van der Waals surface area contributed by atoms with Gasteiger partial charge in [-0.3, -0.25) is 4.68 Å². The number of rotatable bonds is 5. The van der Waals surface area contributed by atoms with Crippen molar-refractivity contribution in [3.05, 3.63) is 40.5 Å². The number of halogens is 1. The van der Waals surface area contributed by atoms with Crippen molar-refractivity contribution in [1.82, 2.24) is 14.5 Å². The van der Waals surface area contributed by atoms with Gasteiger partial charge in [0.05, 0.1) is 0 Å². The Bertz CT molecular complexity index is 712. The summed E-state index contributed by atoms with van der Waals surface area (Å²) in [6, 6.07) is 7.41. The normalized spacial score (nSPS) is 11.7. The molecule has 0 atom stereocenters. The Morgan fingerprint density at radius 1 is 1.45 bits per heavy atom. The molecule has 0 saturated heterocycles. The van der Waals surface area contributed by atoms with Crippen LogP contribution >= 0.6 is 15.9 Å². The van der Waals surface area contributed by atoms with Crippen LogP contribution in [0.15, 0.2) is 39.8 Å². The molecule has 8 heteroatoms. The maximum absolute atomic E-state index is 12.2. The third-order valence-corrected chi connectivity index (χ3v) is 4.63. The first-order valence-corrected chi connectivity index (χ1v) is 8.27. The highest BCUT2D eigenvalue weighted by Gasteiger charge is 2.20. The van der Waals surface area contributed by atoms with Gasteiger partial charge in [-0.15, -0.1) is 0 Å². The lowest BCUT2D eigenvalue weighted by atomic mass is 10.2. The highest BCUT2D eigenvalue weighted by atomic mass is 79.9. The van der Waals surface area contributed by atoms with Crippen LogP contribution in [0.5, 0.6) is 0 Å². The number of nitrogens with zero attached hydrogens (tertiary/aromatic N) is 2. The smallest absolute Gasteiger partial charge is 0.246 e. The standard InChI is InChI=1S/C12H15BrN4O2S/c1-2-17-8-11(12(14)16-17)20(18,19)15-7-9-4-3-5-10(13)6-9/h3-6,8,15H,2,7H2,1H3,(H2,14,16). The van der Waals surface area contributed by atoms with Gasteiger partial charge in [0.2, 0.25) is 10.0 Å². The summed E-state index contributed by atoms with van der Waals surface area (Å²) in [5, 5.41) is 3.93. The van der Waals surface area contributed by atoms with Crippen LogP contribution in [-0.2, 0) is 23.1 Å². The quantitative estimate of drug-likeness (QED) is 0.851. The SMILES string of the molecule is CCn1cc(S(=O)(=O)NCc2cccc(Br)c2)c(N)n1. The fourth-order valence-corrected chi connectivity index (χ4v) is 3.23. The molecule has 0 fully saturated rings. The van der Waals surface area contributed by atoms with Crippen LogP contribution in [-0.4, -0.2) is 18.2 Å². The summed E-state index contributed by atoms with van der Waals surface area (Å²) in [6.45, 7) is 2.61. The largest absolute Gasteiger partial charge is 0.381 e. The van der Waals surface area contributed by atoms with Gasteiger partial charge < -0.3 is 5.73 Å². The third-order valence-electron chi connectivity index (χ3n) is 2.72. The Kier molecular flexibility index (Phi) is 4.46. The number of sulfonamides is 1. The molecule has 1 aromatic heterocycles. The van der Waals surface area contributed by atoms with Crippen molar-refractivity contribution in [1.29, 1.82) is 0 Å². The zero-order valence-corrected chi connectivity index (χ0v) is 13.3. The molecule has 2 aromatic rings. The molecule has 0 amide bonds. The molecule has 0 aliphatic rings. The van der Waals surface area contributed by atoms with Crippen LogP contribution < -0.4 is 10.5 Å². The van der Waals surface area contributed by atoms with Crippen LogP contribution in [0, 0.1) is 0 Å². The number of aromatic nitrogens is 2. The molecule has 0 aliphatic carbocycles. The second-order valence-corrected chi connectivity index (χ2v) is 6.84. The Morgan fingerprint density at radius 3 is 2.80 bits per heavy atom. The van der Waals surface area contributed by atoms with Gasteiger partial charge in [-0.1, -0.05) is 28.1 Å². The predicted octanol–water partition coefficient (Wildman–Crippen LogP) is 1.73. The number of anilines is 1. The average molecular weight is 359 g/mol. The lowest BCUT2D eigenvalue weighted by molar-refractivity contribution is 0.581. The Labute approximate surface area is 126 Å². The first kappa shape index (κ1) is 15.0. The van der Waals surface area contributed by atoms with Crippen molar-refractivity contribution in [2.24, 2.45) is 0 Å². The molecule has 0 unspecified atom stereocenters. The van der Waals surface area contributed by atoms with E-state index in [0.29, 0.717) is 6.54 Å². The van der Waals surface area contributed by atoms with E-state index < -0.39 is 10.0 Å². The number of benzene rings is 1. The molecule has 1 aromatic carbocycles. The molecule has 0 bridgehead atoms. The minimum Gasteiger partial charge on any atom is -0.381 e. The number of hydrogen-bond acceptors (Lipinski definition) is 4. The van der Waals surface area contributed by atoms with Gasteiger partial charge in [-0.05, 0) is 24.6 Å². The molecular formula is C12H15BrN4O2S. The molecule has 108 valence electrons. The van der Waals surface area contributed by atoms with Crippen LogP contribution in [0.3, 0.4) is 0 Å². The van der Waals surface area contributed by atoms with Gasteiger partial charge in [0.1, 0.15) is 4.90 Å². The monoisotopic (exact) mass is 358 g/mol. The first-order valence-electron chi connectivity index (χ1n) is 5.99. The van der Waals surface area contributed by atoms with Crippen LogP contribution in [0.25, 0.3) is 0 Å². The zero-order valence-electron chi connectivity index (χ0n) is 10.9.